The molecule has 10 heteroatoms. The van der Waals surface area contributed by atoms with Crippen LogP contribution in [-0.2, 0) is 21.9 Å². The number of anilines is 1. The zero-order valence-electron chi connectivity index (χ0n) is 16.2. The number of alkyl halides is 4. The fourth-order valence-corrected chi connectivity index (χ4v) is 4.74. The van der Waals surface area contributed by atoms with E-state index in [0.29, 0.717) is 31.9 Å². The van der Waals surface area contributed by atoms with Crippen molar-refractivity contribution in [2.75, 3.05) is 37.3 Å². The van der Waals surface area contributed by atoms with Crippen LogP contribution in [0, 0.1) is 6.92 Å². The van der Waals surface area contributed by atoms with E-state index in [4.69, 9.17) is 0 Å². The van der Waals surface area contributed by atoms with Gasteiger partial charge in [0.25, 0.3) is 0 Å². The number of aromatic nitrogens is 2. The summed E-state index contributed by atoms with van der Waals surface area (Å²) in [7, 11) is 0. The second-order valence-corrected chi connectivity index (χ2v) is 8.41. The van der Waals surface area contributed by atoms with Gasteiger partial charge in [0.05, 0.1) is 0 Å². The van der Waals surface area contributed by atoms with Crippen LogP contribution in [0.1, 0.15) is 17.0 Å². The molecule has 0 N–H and O–H groups in total. The van der Waals surface area contributed by atoms with Crippen LogP contribution in [0.5, 0.6) is 0 Å². The number of amides is 1. The molecule has 0 bridgehead atoms. The number of nitrogens with zero attached hydrogens (tertiary/aromatic N) is 4. The topological polar surface area (TPSA) is 41.4 Å². The summed E-state index contributed by atoms with van der Waals surface area (Å²) in [6, 6.07) is 8.25. The van der Waals surface area contributed by atoms with Gasteiger partial charge >= 0.3 is 6.18 Å². The minimum atomic E-state index is -4.52. The molecule has 0 aliphatic carbocycles. The smallest absolute Gasteiger partial charge is 0.368 e. The standard InChI is InChI=1S/C19H22F3IN4OS/c1-13-16(11-23)18(19(20,21)22)24-27(13)12-17(28)26-8-6-25(7-9-26)14-4-3-5-15(10-14)29-2/h3-5,10H,6-9,11-12H2,1-2H3. The molecule has 29 heavy (non-hydrogen) atoms. The van der Waals surface area contributed by atoms with Gasteiger partial charge in [-0.15, -0.1) is 11.8 Å². The van der Waals surface area contributed by atoms with E-state index in [1.807, 2.05) is 34.9 Å². The number of hydrogen-bond acceptors (Lipinski definition) is 4. The van der Waals surface area contributed by atoms with Gasteiger partial charge in [-0.2, -0.15) is 18.3 Å². The van der Waals surface area contributed by atoms with Crippen LogP contribution >= 0.6 is 34.4 Å². The number of halogens is 4. The van der Waals surface area contributed by atoms with Crippen molar-refractivity contribution in [3.63, 3.8) is 0 Å². The van der Waals surface area contributed by atoms with Crippen LogP contribution in [0.3, 0.4) is 0 Å². The molecule has 2 aromatic rings. The summed E-state index contributed by atoms with van der Waals surface area (Å²) in [5.41, 5.74) is 0.765. The first-order chi connectivity index (χ1) is 13.7. The molecule has 1 aromatic carbocycles. The maximum absolute atomic E-state index is 13.2. The summed E-state index contributed by atoms with van der Waals surface area (Å²) in [6.07, 6.45) is -2.49. The van der Waals surface area contributed by atoms with Gasteiger partial charge in [-0.1, -0.05) is 28.7 Å². The molecular weight excluding hydrogens is 516 g/mol. The van der Waals surface area contributed by atoms with Gasteiger partial charge in [0.2, 0.25) is 5.91 Å². The summed E-state index contributed by atoms with van der Waals surface area (Å²) in [4.78, 5) is 17.8. The molecule has 2 heterocycles. The predicted molar refractivity (Wildman–Crippen MR) is 117 cm³/mol. The van der Waals surface area contributed by atoms with E-state index >= 15 is 0 Å². The second kappa shape index (κ2) is 9.15. The molecule has 0 saturated carbocycles. The molecule has 1 fully saturated rings. The summed E-state index contributed by atoms with van der Waals surface area (Å²) in [5.74, 6) is -0.207. The number of carbonyl (C=O) groups is 1. The minimum Gasteiger partial charge on any atom is -0.368 e. The van der Waals surface area contributed by atoms with Gasteiger partial charge in [0.15, 0.2) is 5.69 Å². The number of hydrogen-bond donors (Lipinski definition) is 0. The van der Waals surface area contributed by atoms with Crippen molar-refractivity contribution in [1.82, 2.24) is 14.7 Å². The lowest BCUT2D eigenvalue weighted by Gasteiger charge is -2.36. The van der Waals surface area contributed by atoms with Crippen LogP contribution in [0.25, 0.3) is 0 Å². The van der Waals surface area contributed by atoms with Gasteiger partial charge in [-0.3, -0.25) is 9.48 Å². The van der Waals surface area contributed by atoms with Gasteiger partial charge in [0, 0.05) is 52.4 Å². The van der Waals surface area contributed by atoms with Crippen molar-refractivity contribution in [2.24, 2.45) is 0 Å². The van der Waals surface area contributed by atoms with Crippen LogP contribution in [0.15, 0.2) is 29.2 Å². The molecule has 1 amide bonds. The maximum Gasteiger partial charge on any atom is 0.435 e. The van der Waals surface area contributed by atoms with Crippen LogP contribution in [-0.4, -0.2) is 53.0 Å². The van der Waals surface area contributed by atoms with Crippen molar-refractivity contribution in [1.29, 1.82) is 0 Å². The monoisotopic (exact) mass is 538 g/mol. The first-order valence-corrected chi connectivity index (χ1v) is 11.9. The lowest BCUT2D eigenvalue weighted by Crippen LogP contribution is -2.49. The van der Waals surface area contributed by atoms with Crippen molar-refractivity contribution in [3.8, 4) is 0 Å². The van der Waals surface area contributed by atoms with E-state index in [0.717, 1.165) is 5.69 Å². The molecule has 0 spiro atoms. The molecule has 0 radical (unpaired) electrons. The van der Waals surface area contributed by atoms with Crippen molar-refractivity contribution < 1.29 is 18.0 Å². The maximum atomic E-state index is 13.2. The highest BCUT2D eigenvalue weighted by atomic mass is 127. The van der Waals surface area contributed by atoms with Crippen molar-refractivity contribution >= 4 is 45.9 Å². The Bertz CT molecular complexity index is 879. The molecule has 158 valence electrons. The zero-order chi connectivity index (χ0) is 21.2. The summed E-state index contributed by atoms with van der Waals surface area (Å²) < 4.78 is 41.0. The molecule has 1 aliphatic rings. The van der Waals surface area contributed by atoms with Crippen LogP contribution in [0.2, 0.25) is 0 Å². The molecule has 1 aliphatic heterocycles. The van der Waals surface area contributed by atoms with Gasteiger partial charge in [-0.25, -0.2) is 0 Å². The Morgan fingerprint density at radius 2 is 1.93 bits per heavy atom. The predicted octanol–water partition coefficient (Wildman–Crippen LogP) is 4.22. The fourth-order valence-electron chi connectivity index (χ4n) is 3.37. The lowest BCUT2D eigenvalue weighted by molar-refractivity contribution is -0.142. The molecule has 3 rings (SSSR count). The van der Waals surface area contributed by atoms with Crippen molar-refractivity contribution in [2.45, 2.75) is 29.0 Å². The molecular formula is C19H22F3IN4OS. The molecule has 1 saturated heterocycles. The molecule has 0 atom stereocenters. The largest absolute Gasteiger partial charge is 0.435 e. The molecule has 5 nitrogen and oxygen atoms in total. The number of carbonyl (C=O) groups excluding carboxylic acids is 1. The third-order valence-corrected chi connectivity index (χ3v) is 6.56. The van der Waals surface area contributed by atoms with Gasteiger partial charge < -0.3 is 9.80 Å². The Morgan fingerprint density at radius 3 is 2.48 bits per heavy atom. The van der Waals surface area contributed by atoms with Gasteiger partial charge in [-0.05, 0) is 31.4 Å². The second-order valence-electron chi connectivity index (χ2n) is 6.77. The summed E-state index contributed by atoms with van der Waals surface area (Å²) >= 11 is 3.57. The number of benzene rings is 1. The van der Waals surface area contributed by atoms with E-state index in [1.165, 1.54) is 9.58 Å². The number of piperazine rings is 1. The summed E-state index contributed by atoms with van der Waals surface area (Å²) in [6.45, 7) is 3.86. The van der Waals surface area contributed by atoms with Crippen LogP contribution in [0.4, 0.5) is 18.9 Å². The first kappa shape index (κ1) is 22.3. The third kappa shape index (κ3) is 5.01. The third-order valence-electron chi connectivity index (χ3n) is 5.07. The Labute approximate surface area is 185 Å². The Kier molecular flexibility index (Phi) is 7.02. The number of rotatable bonds is 5. The summed E-state index contributed by atoms with van der Waals surface area (Å²) in [5, 5.41) is 3.69. The quantitative estimate of drug-likeness (QED) is 0.325. The van der Waals surface area contributed by atoms with E-state index < -0.39 is 11.9 Å². The van der Waals surface area contributed by atoms with E-state index in [1.54, 1.807) is 23.6 Å². The zero-order valence-corrected chi connectivity index (χ0v) is 19.1. The first-order valence-electron chi connectivity index (χ1n) is 9.10. The Morgan fingerprint density at radius 1 is 1.24 bits per heavy atom. The highest BCUT2D eigenvalue weighted by Gasteiger charge is 2.38. The SMILES string of the molecule is CSc1cccc(N2CCN(C(=O)Cn3nc(C(F)(F)F)c(CI)c3C)CC2)c1. The minimum absolute atomic E-state index is 0.143. The van der Waals surface area contributed by atoms with Crippen molar-refractivity contribution in [3.05, 3.63) is 41.2 Å². The Balaban J connectivity index is 1.65. The number of thioether (sulfide) groups is 1. The lowest BCUT2D eigenvalue weighted by atomic mass is 10.2. The fraction of sp³-hybridized carbons (Fsp3) is 0.474. The van der Waals surface area contributed by atoms with E-state index in [9.17, 15) is 18.0 Å². The van der Waals surface area contributed by atoms with E-state index in [-0.39, 0.29) is 22.4 Å². The normalized spacial score (nSPS) is 15.1. The Hall–Kier alpha value is -1.43. The van der Waals surface area contributed by atoms with Crippen LogP contribution < -0.4 is 4.90 Å². The average molecular weight is 538 g/mol. The average Bonchev–Trinajstić information content (AvgIpc) is 3.04. The molecule has 0 unspecified atom stereocenters. The highest BCUT2D eigenvalue weighted by molar-refractivity contribution is 14.1. The molecule has 1 aromatic heterocycles. The van der Waals surface area contributed by atoms with Gasteiger partial charge in [0.1, 0.15) is 6.54 Å². The highest BCUT2D eigenvalue weighted by Crippen LogP contribution is 2.33. The van der Waals surface area contributed by atoms with E-state index in [2.05, 4.69) is 28.2 Å².